The van der Waals surface area contributed by atoms with Gasteiger partial charge in [-0.25, -0.2) is 0 Å². The van der Waals surface area contributed by atoms with E-state index in [1.807, 2.05) is 4.90 Å². The highest BCUT2D eigenvalue weighted by Crippen LogP contribution is 2.23. The molecule has 1 amide bonds. The van der Waals surface area contributed by atoms with Crippen molar-refractivity contribution in [2.24, 2.45) is 5.92 Å². The summed E-state index contributed by atoms with van der Waals surface area (Å²) in [6.07, 6.45) is 1.07. The van der Waals surface area contributed by atoms with Crippen LogP contribution in [-0.4, -0.2) is 22.2 Å². The highest BCUT2D eigenvalue weighted by atomic mass is 127. The summed E-state index contributed by atoms with van der Waals surface area (Å²) in [5, 5.41) is 0.175. The highest BCUT2D eigenvalue weighted by molar-refractivity contribution is 14.2. The van der Waals surface area contributed by atoms with E-state index in [1.54, 1.807) is 0 Å². The molecular weight excluding hydrogens is 309 g/mol. The van der Waals surface area contributed by atoms with E-state index in [4.69, 9.17) is 0 Å². The molecule has 4 heteroatoms. The number of halogens is 1. The molecule has 0 aliphatic heterocycles. The van der Waals surface area contributed by atoms with Gasteiger partial charge in [0.15, 0.2) is 0 Å². The fraction of sp³-hybridized carbons (Fsp3) is 0.900. The first-order chi connectivity index (χ1) is 6.40. The Kier molecular flexibility index (Phi) is 7.20. The maximum absolute atomic E-state index is 11.7. The molecule has 0 aromatic heterocycles. The van der Waals surface area contributed by atoms with Crippen LogP contribution in [0.3, 0.4) is 0 Å². The predicted molar refractivity (Wildman–Crippen MR) is 72.9 cm³/mol. The summed E-state index contributed by atoms with van der Waals surface area (Å²) in [5.41, 5.74) is 0. The van der Waals surface area contributed by atoms with Gasteiger partial charge in [-0.2, -0.15) is 0 Å². The second kappa shape index (κ2) is 6.93. The normalized spacial score (nSPS) is 13.4. The first kappa shape index (κ1) is 14.6. The molecule has 0 fully saturated rings. The van der Waals surface area contributed by atoms with Gasteiger partial charge in [0.05, 0.1) is 0 Å². The van der Waals surface area contributed by atoms with E-state index >= 15 is 0 Å². The molecule has 0 rings (SSSR count). The Bertz CT molecular complexity index is 185. The average molecular weight is 329 g/mol. The molecule has 0 aromatic carbocycles. The molecule has 0 radical (unpaired) electrons. The summed E-state index contributed by atoms with van der Waals surface area (Å²) < 4.78 is 0. The Labute approximate surface area is 104 Å². The van der Waals surface area contributed by atoms with E-state index in [-0.39, 0.29) is 5.24 Å². The third-order valence-electron chi connectivity index (χ3n) is 2.12. The number of amides is 1. The van der Waals surface area contributed by atoms with Gasteiger partial charge in [0.1, 0.15) is 0 Å². The molecule has 0 spiro atoms. The smallest absolute Gasteiger partial charge is 0.292 e. The van der Waals surface area contributed by atoms with Crippen LogP contribution < -0.4 is 0 Å². The van der Waals surface area contributed by atoms with Crippen LogP contribution in [0.5, 0.6) is 0 Å². The van der Waals surface area contributed by atoms with Crippen molar-refractivity contribution in [2.75, 3.05) is 0 Å². The van der Waals surface area contributed by atoms with Crippen LogP contribution in [0.15, 0.2) is 0 Å². The molecule has 0 aliphatic carbocycles. The standard InChI is InChI=1S/C10H20INOS/c1-7(2)6-9(5)12(8(3)4)10(13)14-11/h7-9H,6H2,1-5H3. The van der Waals surface area contributed by atoms with E-state index in [2.05, 4.69) is 55.8 Å². The fourth-order valence-electron chi connectivity index (χ4n) is 1.74. The molecule has 2 nitrogen and oxygen atoms in total. The summed E-state index contributed by atoms with van der Waals surface area (Å²) in [6.45, 7) is 10.7. The largest absolute Gasteiger partial charge is 0.328 e. The SMILES string of the molecule is CC(C)CC(C)N(C(=O)SI)C(C)C. The van der Waals surface area contributed by atoms with Crippen molar-refractivity contribution in [3.63, 3.8) is 0 Å². The molecule has 0 N–H and O–H groups in total. The van der Waals surface area contributed by atoms with Crippen LogP contribution in [0.1, 0.15) is 41.0 Å². The quantitative estimate of drug-likeness (QED) is 0.715. The first-order valence-corrected chi connectivity index (χ1v) is 8.37. The van der Waals surface area contributed by atoms with E-state index in [0.29, 0.717) is 18.0 Å². The van der Waals surface area contributed by atoms with Gasteiger partial charge in [0.2, 0.25) is 0 Å². The predicted octanol–water partition coefficient (Wildman–Crippen LogP) is 4.33. The third kappa shape index (κ3) is 4.87. The second-order valence-electron chi connectivity index (χ2n) is 4.32. The van der Waals surface area contributed by atoms with E-state index in [9.17, 15) is 4.79 Å². The van der Waals surface area contributed by atoms with Crippen molar-refractivity contribution in [3.8, 4) is 0 Å². The zero-order chi connectivity index (χ0) is 11.3. The van der Waals surface area contributed by atoms with Crippen LogP contribution >= 0.6 is 30.1 Å². The maximum Gasteiger partial charge on any atom is 0.292 e. The second-order valence-corrected chi connectivity index (χ2v) is 6.15. The Morgan fingerprint density at radius 2 is 1.79 bits per heavy atom. The van der Waals surface area contributed by atoms with Crippen molar-refractivity contribution < 1.29 is 4.79 Å². The topological polar surface area (TPSA) is 20.3 Å². The molecular formula is C10H20INOS. The zero-order valence-corrected chi connectivity index (χ0v) is 12.6. The Morgan fingerprint density at radius 1 is 1.29 bits per heavy atom. The number of carbonyl (C=O) groups is 1. The minimum absolute atomic E-state index is 0.175. The van der Waals surface area contributed by atoms with E-state index < -0.39 is 0 Å². The number of rotatable bonds is 4. The van der Waals surface area contributed by atoms with Crippen LogP contribution in [0, 0.1) is 5.92 Å². The maximum atomic E-state index is 11.7. The van der Waals surface area contributed by atoms with Gasteiger partial charge in [0.25, 0.3) is 5.24 Å². The molecule has 0 aromatic rings. The van der Waals surface area contributed by atoms with Crippen LogP contribution in [0.2, 0.25) is 0 Å². The fourth-order valence-corrected chi connectivity index (χ4v) is 2.89. The molecule has 1 unspecified atom stereocenters. The van der Waals surface area contributed by atoms with Gasteiger partial charge in [-0.05, 0) is 33.1 Å². The molecule has 0 aliphatic rings. The number of hydrogen-bond acceptors (Lipinski definition) is 2. The van der Waals surface area contributed by atoms with Gasteiger partial charge in [-0.3, -0.25) is 4.79 Å². The lowest BCUT2D eigenvalue weighted by Gasteiger charge is -2.32. The van der Waals surface area contributed by atoms with Gasteiger partial charge < -0.3 is 4.90 Å². The minimum atomic E-state index is 0.175. The van der Waals surface area contributed by atoms with Crippen LogP contribution in [-0.2, 0) is 0 Å². The lowest BCUT2D eigenvalue weighted by Crippen LogP contribution is -2.41. The lowest BCUT2D eigenvalue weighted by atomic mass is 10.0. The molecule has 1 atom stereocenters. The van der Waals surface area contributed by atoms with Crippen molar-refractivity contribution in [1.29, 1.82) is 0 Å². The number of nitrogens with zero attached hydrogens (tertiary/aromatic N) is 1. The van der Waals surface area contributed by atoms with Gasteiger partial charge in [-0.15, -0.1) is 0 Å². The summed E-state index contributed by atoms with van der Waals surface area (Å²) in [6, 6.07) is 0.628. The third-order valence-corrected chi connectivity index (χ3v) is 3.59. The monoisotopic (exact) mass is 329 g/mol. The van der Waals surface area contributed by atoms with Crippen molar-refractivity contribution in [1.82, 2.24) is 4.90 Å². The van der Waals surface area contributed by atoms with E-state index in [1.165, 1.54) is 8.93 Å². The molecule has 0 saturated heterocycles. The highest BCUT2D eigenvalue weighted by Gasteiger charge is 2.23. The molecule has 0 heterocycles. The lowest BCUT2D eigenvalue weighted by molar-refractivity contribution is 0.173. The first-order valence-electron chi connectivity index (χ1n) is 5.01. The molecule has 0 saturated carbocycles. The molecule has 84 valence electrons. The molecule has 0 bridgehead atoms. The van der Waals surface area contributed by atoms with Gasteiger partial charge >= 0.3 is 0 Å². The zero-order valence-electron chi connectivity index (χ0n) is 9.58. The average Bonchev–Trinajstić information content (AvgIpc) is 2.01. The van der Waals surface area contributed by atoms with Gasteiger partial charge in [-0.1, -0.05) is 13.8 Å². The Morgan fingerprint density at radius 3 is 2.07 bits per heavy atom. The van der Waals surface area contributed by atoms with Gasteiger partial charge in [0, 0.05) is 42.2 Å². The Balaban J connectivity index is 4.41. The van der Waals surface area contributed by atoms with Crippen molar-refractivity contribution in [3.05, 3.63) is 0 Å². The van der Waals surface area contributed by atoms with Crippen LogP contribution in [0.4, 0.5) is 4.79 Å². The summed E-state index contributed by atoms with van der Waals surface area (Å²) >= 11 is 2.05. The van der Waals surface area contributed by atoms with Crippen LogP contribution in [0.25, 0.3) is 0 Å². The summed E-state index contributed by atoms with van der Waals surface area (Å²) in [4.78, 5) is 13.6. The van der Waals surface area contributed by atoms with Crippen molar-refractivity contribution in [2.45, 2.75) is 53.1 Å². The minimum Gasteiger partial charge on any atom is -0.328 e. The van der Waals surface area contributed by atoms with Crippen molar-refractivity contribution >= 4 is 35.4 Å². The summed E-state index contributed by atoms with van der Waals surface area (Å²) in [7, 11) is 1.27. The molecule has 14 heavy (non-hydrogen) atoms. The number of hydrogen-bond donors (Lipinski definition) is 0. The number of carbonyl (C=O) groups excluding carboxylic acids is 1. The summed E-state index contributed by atoms with van der Waals surface area (Å²) in [5.74, 6) is 0.637. The Hall–Kier alpha value is 0.550. The van der Waals surface area contributed by atoms with E-state index in [0.717, 1.165) is 6.42 Å².